The summed E-state index contributed by atoms with van der Waals surface area (Å²) in [5.74, 6) is 0.598. The Morgan fingerprint density at radius 1 is 1.20 bits per heavy atom. The molecule has 3 rings (SSSR count). The van der Waals surface area contributed by atoms with Gasteiger partial charge in [0.05, 0.1) is 11.5 Å². The summed E-state index contributed by atoms with van der Waals surface area (Å²) in [4.78, 5) is 11.7. The van der Waals surface area contributed by atoms with Gasteiger partial charge in [-0.3, -0.25) is 4.79 Å². The van der Waals surface area contributed by atoms with Gasteiger partial charge in [-0.2, -0.15) is 0 Å². The van der Waals surface area contributed by atoms with Crippen LogP contribution in [0.2, 0.25) is 0 Å². The number of carbonyl (C=O) groups excluding carboxylic acids is 1. The van der Waals surface area contributed by atoms with E-state index in [0.717, 1.165) is 17.7 Å². The van der Waals surface area contributed by atoms with Gasteiger partial charge in [0.1, 0.15) is 5.75 Å². The van der Waals surface area contributed by atoms with Gasteiger partial charge in [0.15, 0.2) is 0 Å². The molecule has 0 spiro atoms. The zero-order chi connectivity index (χ0) is 17.9. The van der Waals surface area contributed by atoms with Crippen LogP contribution in [0.4, 0.5) is 0 Å². The molecule has 25 heavy (non-hydrogen) atoms. The van der Waals surface area contributed by atoms with Gasteiger partial charge in [-0.1, -0.05) is 24.3 Å². The van der Waals surface area contributed by atoms with Crippen LogP contribution in [0.15, 0.2) is 53.4 Å². The molecule has 0 unspecified atom stereocenters. The Kier molecular flexibility index (Phi) is 5.06. The lowest BCUT2D eigenvalue weighted by molar-refractivity contribution is 0.0963. The summed E-state index contributed by atoms with van der Waals surface area (Å²) >= 11 is 0. The lowest BCUT2D eigenvalue weighted by Gasteiger charge is -2.25. The molecule has 1 amide bonds. The second-order valence-electron chi connectivity index (χ2n) is 5.95. The summed E-state index contributed by atoms with van der Waals surface area (Å²) in [6, 6.07) is 13.7. The molecule has 7 heteroatoms. The Morgan fingerprint density at radius 3 is 2.80 bits per heavy atom. The average Bonchev–Trinajstić information content (AvgIpc) is 2.65. The Balaban J connectivity index is 1.68. The second kappa shape index (κ2) is 7.25. The first kappa shape index (κ1) is 17.4. The quantitative estimate of drug-likeness (QED) is 0.848. The maximum Gasteiger partial charge on any atom is 0.251 e. The van der Waals surface area contributed by atoms with Crippen molar-refractivity contribution in [1.29, 1.82) is 0 Å². The molecule has 1 heterocycles. The van der Waals surface area contributed by atoms with Gasteiger partial charge in [0.2, 0.25) is 10.0 Å². The molecule has 2 aromatic rings. The molecule has 2 N–H and O–H groups in total. The minimum absolute atomic E-state index is 0.0619. The first-order valence-corrected chi connectivity index (χ1v) is 9.50. The van der Waals surface area contributed by atoms with E-state index in [0.29, 0.717) is 12.2 Å². The molecule has 0 bridgehead atoms. The van der Waals surface area contributed by atoms with E-state index < -0.39 is 10.0 Å². The van der Waals surface area contributed by atoms with Crippen molar-refractivity contribution in [2.75, 3.05) is 20.2 Å². The van der Waals surface area contributed by atoms with E-state index in [1.54, 1.807) is 12.1 Å². The number of fused-ring (bicyclic) bond motifs is 1. The van der Waals surface area contributed by atoms with Crippen LogP contribution in [-0.4, -0.2) is 34.5 Å². The van der Waals surface area contributed by atoms with Crippen molar-refractivity contribution in [3.05, 3.63) is 59.7 Å². The zero-order valence-corrected chi connectivity index (χ0v) is 14.7. The predicted octanol–water partition coefficient (Wildman–Crippen LogP) is 1.58. The Morgan fingerprint density at radius 2 is 2.00 bits per heavy atom. The fourth-order valence-electron chi connectivity index (χ4n) is 2.78. The number of benzene rings is 2. The maximum absolute atomic E-state index is 12.5. The topological polar surface area (TPSA) is 84.5 Å². The highest BCUT2D eigenvalue weighted by Gasteiger charge is 2.22. The molecule has 0 saturated heterocycles. The molecular formula is C18H20N2O4S. The monoisotopic (exact) mass is 360 g/mol. The number of rotatable bonds is 5. The second-order valence-corrected chi connectivity index (χ2v) is 7.71. The van der Waals surface area contributed by atoms with E-state index >= 15 is 0 Å². The third kappa shape index (κ3) is 4.00. The lowest BCUT2D eigenvalue weighted by Crippen LogP contribution is -2.34. The van der Waals surface area contributed by atoms with E-state index in [4.69, 9.17) is 4.74 Å². The van der Waals surface area contributed by atoms with Gasteiger partial charge >= 0.3 is 0 Å². The number of nitrogens with one attached hydrogen (secondary N) is 2. The van der Waals surface area contributed by atoms with Crippen LogP contribution in [0, 0.1) is 5.92 Å². The normalized spacial score (nSPS) is 16.6. The Bertz CT molecular complexity index is 880. The van der Waals surface area contributed by atoms with Crippen molar-refractivity contribution in [3.63, 3.8) is 0 Å². The zero-order valence-electron chi connectivity index (χ0n) is 13.9. The molecule has 1 aliphatic rings. The fraction of sp³-hybridized carbons (Fsp3) is 0.278. The number of hydrogen-bond acceptors (Lipinski definition) is 4. The predicted molar refractivity (Wildman–Crippen MR) is 94.2 cm³/mol. The van der Waals surface area contributed by atoms with Crippen LogP contribution >= 0.6 is 0 Å². The van der Waals surface area contributed by atoms with Gasteiger partial charge in [-0.05, 0) is 36.2 Å². The van der Waals surface area contributed by atoms with Crippen molar-refractivity contribution >= 4 is 15.9 Å². The Hall–Kier alpha value is -2.38. The van der Waals surface area contributed by atoms with E-state index in [1.165, 1.54) is 19.2 Å². The van der Waals surface area contributed by atoms with E-state index in [2.05, 4.69) is 10.0 Å². The van der Waals surface area contributed by atoms with E-state index in [1.807, 2.05) is 24.3 Å². The van der Waals surface area contributed by atoms with Crippen LogP contribution in [0.5, 0.6) is 5.75 Å². The average molecular weight is 360 g/mol. The summed E-state index contributed by atoms with van der Waals surface area (Å²) in [5.41, 5.74) is 1.39. The largest absolute Gasteiger partial charge is 0.493 e. The summed E-state index contributed by atoms with van der Waals surface area (Å²) in [6.45, 7) is 0.749. The first-order valence-electron chi connectivity index (χ1n) is 8.02. The van der Waals surface area contributed by atoms with Crippen molar-refractivity contribution in [2.24, 2.45) is 5.92 Å². The Labute approximate surface area is 147 Å². The molecule has 1 aliphatic heterocycles. The highest BCUT2D eigenvalue weighted by molar-refractivity contribution is 7.89. The van der Waals surface area contributed by atoms with Crippen molar-refractivity contribution < 1.29 is 17.9 Å². The first-order chi connectivity index (χ1) is 12.0. The molecule has 0 aromatic heterocycles. The minimum atomic E-state index is -3.69. The summed E-state index contributed by atoms with van der Waals surface area (Å²) in [6.07, 6.45) is 0.761. The van der Waals surface area contributed by atoms with E-state index in [9.17, 15) is 13.2 Å². The molecular weight excluding hydrogens is 340 g/mol. The van der Waals surface area contributed by atoms with Crippen LogP contribution in [-0.2, 0) is 16.4 Å². The standard InChI is InChI=1S/C18H20N2O4S/c1-19-18(21)15-6-4-7-16(10-15)25(22,23)20-11-13-9-14-5-2-3-8-17(14)24-12-13/h2-8,10,13,20H,9,11-12H2,1H3,(H,19,21)/t13-/m1/s1. The molecule has 6 nitrogen and oxygen atoms in total. The molecule has 2 aromatic carbocycles. The van der Waals surface area contributed by atoms with Crippen LogP contribution in [0.1, 0.15) is 15.9 Å². The highest BCUT2D eigenvalue weighted by atomic mass is 32.2. The number of para-hydroxylation sites is 1. The smallest absolute Gasteiger partial charge is 0.251 e. The fourth-order valence-corrected chi connectivity index (χ4v) is 3.94. The van der Waals surface area contributed by atoms with Gasteiger partial charge < -0.3 is 10.1 Å². The van der Waals surface area contributed by atoms with E-state index in [-0.39, 0.29) is 23.3 Å². The molecule has 0 saturated carbocycles. The number of amides is 1. The summed E-state index contributed by atoms with van der Waals surface area (Å²) < 4.78 is 33.3. The molecule has 132 valence electrons. The number of sulfonamides is 1. The third-order valence-electron chi connectivity index (χ3n) is 4.15. The van der Waals surface area contributed by atoms with Crippen molar-refractivity contribution in [3.8, 4) is 5.75 Å². The minimum Gasteiger partial charge on any atom is -0.493 e. The van der Waals surface area contributed by atoms with Crippen molar-refractivity contribution in [1.82, 2.24) is 10.0 Å². The van der Waals surface area contributed by atoms with Crippen molar-refractivity contribution in [2.45, 2.75) is 11.3 Å². The van der Waals surface area contributed by atoms with Gasteiger partial charge in [0.25, 0.3) is 5.91 Å². The van der Waals surface area contributed by atoms with Crippen LogP contribution < -0.4 is 14.8 Å². The van der Waals surface area contributed by atoms with Gasteiger partial charge in [-0.25, -0.2) is 13.1 Å². The number of ether oxygens (including phenoxy) is 1. The molecule has 0 fully saturated rings. The highest BCUT2D eigenvalue weighted by Crippen LogP contribution is 2.26. The van der Waals surface area contributed by atoms with Gasteiger partial charge in [0, 0.05) is 25.1 Å². The number of hydrogen-bond donors (Lipinski definition) is 2. The molecule has 0 radical (unpaired) electrons. The van der Waals surface area contributed by atoms with Gasteiger partial charge in [-0.15, -0.1) is 0 Å². The lowest BCUT2D eigenvalue weighted by atomic mass is 9.97. The van der Waals surface area contributed by atoms with Crippen LogP contribution in [0.3, 0.4) is 0 Å². The summed E-state index contributed by atoms with van der Waals surface area (Å²) in [5, 5.41) is 2.48. The number of carbonyl (C=O) groups is 1. The maximum atomic E-state index is 12.5. The summed E-state index contributed by atoms with van der Waals surface area (Å²) in [7, 11) is -2.18. The molecule has 1 atom stereocenters. The molecule has 0 aliphatic carbocycles. The van der Waals surface area contributed by atoms with Crippen LogP contribution in [0.25, 0.3) is 0 Å². The third-order valence-corrected chi connectivity index (χ3v) is 5.57. The SMILES string of the molecule is CNC(=O)c1cccc(S(=O)(=O)NC[C@@H]2COc3ccccc3C2)c1.